The van der Waals surface area contributed by atoms with Crippen molar-refractivity contribution in [1.29, 1.82) is 0 Å². The highest BCUT2D eigenvalue weighted by Crippen LogP contribution is 1.94. The maximum Gasteiger partial charge on any atom is 0.397 e. The zero-order chi connectivity index (χ0) is 11.2. The molecule has 3 N–H and O–H groups in total. The Morgan fingerprint density at radius 2 is 2.21 bits per heavy atom. The van der Waals surface area contributed by atoms with Crippen LogP contribution in [0.3, 0.4) is 0 Å². The Bertz CT molecular complexity index is 275. The van der Waals surface area contributed by atoms with Gasteiger partial charge in [-0.15, -0.1) is 0 Å². The van der Waals surface area contributed by atoms with E-state index in [9.17, 15) is 8.42 Å². The highest BCUT2D eigenvalue weighted by atomic mass is 32.3. The lowest BCUT2D eigenvalue weighted by atomic mass is 10.5. The number of hydrogen-bond donors (Lipinski definition) is 2. The Kier molecular flexibility index (Phi) is 5.62. The van der Waals surface area contributed by atoms with E-state index in [4.69, 9.17) is 10.3 Å². The number of rotatable bonds is 2. The Balaban J connectivity index is 0.000000255. The van der Waals surface area contributed by atoms with Crippen LogP contribution >= 0.6 is 0 Å². The van der Waals surface area contributed by atoms with E-state index in [2.05, 4.69) is 9.18 Å². The van der Waals surface area contributed by atoms with Gasteiger partial charge >= 0.3 is 10.4 Å². The molecular weight excluding hydrogens is 210 g/mol. The van der Waals surface area contributed by atoms with Crippen molar-refractivity contribution in [3.63, 3.8) is 0 Å². The summed E-state index contributed by atoms with van der Waals surface area (Å²) in [4.78, 5) is 6.02. The second kappa shape index (κ2) is 5.91. The van der Waals surface area contributed by atoms with Crippen LogP contribution in [-0.4, -0.2) is 50.6 Å². The van der Waals surface area contributed by atoms with E-state index in [1.807, 2.05) is 18.2 Å². The Labute approximate surface area is 83.5 Å². The van der Waals surface area contributed by atoms with Crippen molar-refractivity contribution in [2.45, 2.75) is 13.1 Å². The third-order valence-electron chi connectivity index (χ3n) is 1.45. The third kappa shape index (κ3) is 6.78. The van der Waals surface area contributed by atoms with E-state index in [1.165, 1.54) is 0 Å². The second-order valence-corrected chi connectivity index (χ2v) is 3.78. The fourth-order valence-electron chi connectivity index (χ4n) is 0.702. The monoisotopic (exact) mass is 225 g/mol. The van der Waals surface area contributed by atoms with Gasteiger partial charge in [-0.3, -0.25) is 13.7 Å². The molecular formula is C6H15N3O4S. The standard InChI is InChI=1S/C5H11N3.CH4O4S/c1-5(6)8-3-2-7-4-8;1-5-6(2,3)4/h4-5H,2-3,6H2,1H3;1H3,(H,2,3,4). The summed E-state index contributed by atoms with van der Waals surface area (Å²) in [6, 6.07) is 0. The van der Waals surface area contributed by atoms with Crippen molar-refractivity contribution in [2.24, 2.45) is 10.7 Å². The van der Waals surface area contributed by atoms with Crippen molar-refractivity contribution in [3.8, 4) is 0 Å². The van der Waals surface area contributed by atoms with Crippen LogP contribution < -0.4 is 5.73 Å². The van der Waals surface area contributed by atoms with E-state index in [1.54, 1.807) is 0 Å². The lowest BCUT2D eigenvalue weighted by molar-refractivity contribution is 0.324. The first kappa shape index (κ1) is 13.3. The van der Waals surface area contributed by atoms with Gasteiger partial charge in [-0.05, 0) is 6.92 Å². The topological polar surface area (TPSA) is 105 Å². The van der Waals surface area contributed by atoms with Crippen LogP contribution in [0.5, 0.6) is 0 Å². The molecule has 0 spiro atoms. The van der Waals surface area contributed by atoms with Crippen LogP contribution in [0.1, 0.15) is 6.92 Å². The average molecular weight is 225 g/mol. The molecule has 14 heavy (non-hydrogen) atoms. The van der Waals surface area contributed by atoms with Crippen LogP contribution in [0.4, 0.5) is 0 Å². The highest BCUT2D eigenvalue weighted by molar-refractivity contribution is 7.80. The van der Waals surface area contributed by atoms with Crippen molar-refractivity contribution < 1.29 is 17.2 Å². The van der Waals surface area contributed by atoms with Gasteiger partial charge in [0.1, 0.15) is 0 Å². The Morgan fingerprint density at radius 3 is 2.36 bits per heavy atom. The summed E-state index contributed by atoms with van der Waals surface area (Å²) < 4.78 is 29.7. The molecule has 0 aliphatic carbocycles. The quantitative estimate of drug-likeness (QED) is 0.588. The summed E-state index contributed by atoms with van der Waals surface area (Å²) in [6.07, 6.45) is 1.94. The van der Waals surface area contributed by atoms with Gasteiger partial charge in [0.15, 0.2) is 0 Å². The molecule has 1 unspecified atom stereocenters. The number of aliphatic imine (C=N–C) groups is 1. The molecule has 84 valence electrons. The minimum absolute atomic E-state index is 0.126. The molecule has 0 aromatic rings. The molecule has 0 radical (unpaired) electrons. The van der Waals surface area contributed by atoms with Crippen LogP contribution in [0, 0.1) is 0 Å². The molecule has 1 heterocycles. The first-order valence-corrected chi connectivity index (χ1v) is 5.27. The molecule has 7 nitrogen and oxygen atoms in total. The molecule has 0 saturated carbocycles. The van der Waals surface area contributed by atoms with Crippen molar-refractivity contribution >= 4 is 16.7 Å². The zero-order valence-electron chi connectivity index (χ0n) is 8.12. The molecule has 1 rings (SSSR count). The maximum atomic E-state index is 9.33. The first-order valence-electron chi connectivity index (χ1n) is 3.91. The molecule has 1 aliphatic heterocycles. The predicted octanol–water partition coefficient (Wildman–Crippen LogP) is -0.929. The zero-order valence-corrected chi connectivity index (χ0v) is 8.94. The fourth-order valence-corrected chi connectivity index (χ4v) is 0.702. The van der Waals surface area contributed by atoms with Crippen molar-refractivity contribution in [1.82, 2.24) is 4.90 Å². The average Bonchev–Trinajstić information content (AvgIpc) is 2.56. The van der Waals surface area contributed by atoms with Gasteiger partial charge in [0.05, 0.1) is 26.2 Å². The van der Waals surface area contributed by atoms with Gasteiger partial charge in [0, 0.05) is 6.54 Å². The highest BCUT2D eigenvalue weighted by Gasteiger charge is 2.07. The fraction of sp³-hybridized carbons (Fsp3) is 0.833. The van der Waals surface area contributed by atoms with Crippen molar-refractivity contribution in [3.05, 3.63) is 0 Å². The van der Waals surface area contributed by atoms with Crippen LogP contribution in [0.2, 0.25) is 0 Å². The van der Waals surface area contributed by atoms with Crippen molar-refractivity contribution in [2.75, 3.05) is 20.2 Å². The van der Waals surface area contributed by atoms with Gasteiger partial charge in [-0.2, -0.15) is 8.42 Å². The molecule has 0 saturated heterocycles. The summed E-state index contributed by atoms with van der Waals surface area (Å²) in [5.74, 6) is 0. The summed E-state index contributed by atoms with van der Waals surface area (Å²) >= 11 is 0. The van der Waals surface area contributed by atoms with Crippen LogP contribution in [0.25, 0.3) is 0 Å². The Morgan fingerprint density at radius 1 is 1.71 bits per heavy atom. The minimum Gasteiger partial charge on any atom is -0.346 e. The van der Waals surface area contributed by atoms with E-state index in [0.29, 0.717) is 0 Å². The lowest BCUT2D eigenvalue weighted by Gasteiger charge is -2.17. The molecule has 0 aromatic carbocycles. The predicted molar refractivity (Wildman–Crippen MR) is 52.3 cm³/mol. The molecule has 0 amide bonds. The van der Waals surface area contributed by atoms with Gasteiger partial charge < -0.3 is 10.6 Å². The lowest BCUT2D eigenvalue weighted by Crippen LogP contribution is -2.37. The smallest absolute Gasteiger partial charge is 0.346 e. The molecule has 8 heteroatoms. The van der Waals surface area contributed by atoms with Gasteiger partial charge in [-0.1, -0.05) is 0 Å². The van der Waals surface area contributed by atoms with Crippen LogP contribution in [0.15, 0.2) is 4.99 Å². The first-order chi connectivity index (χ1) is 6.37. The number of hydrogen-bond acceptors (Lipinski definition) is 6. The molecule has 1 atom stereocenters. The normalized spacial score (nSPS) is 17.6. The van der Waals surface area contributed by atoms with E-state index >= 15 is 0 Å². The third-order valence-corrected chi connectivity index (χ3v) is 1.87. The molecule has 1 aliphatic rings. The van der Waals surface area contributed by atoms with E-state index in [0.717, 1.165) is 20.2 Å². The number of nitrogens with two attached hydrogens (primary N) is 1. The maximum absolute atomic E-state index is 9.33. The molecule has 0 fully saturated rings. The van der Waals surface area contributed by atoms with E-state index in [-0.39, 0.29) is 6.17 Å². The minimum atomic E-state index is -4.16. The van der Waals surface area contributed by atoms with Gasteiger partial charge in [-0.25, -0.2) is 0 Å². The van der Waals surface area contributed by atoms with Gasteiger partial charge in [0.2, 0.25) is 0 Å². The SMILES string of the molecule is CC(N)N1C=NCC1.COS(=O)(=O)O. The largest absolute Gasteiger partial charge is 0.397 e. The summed E-state index contributed by atoms with van der Waals surface area (Å²) in [5, 5.41) is 0. The van der Waals surface area contributed by atoms with Crippen LogP contribution in [-0.2, 0) is 14.6 Å². The molecule has 0 aromatic heterocycles. The number of nitrogens with zero attached hydrogens (tertiary/aromatic N) is 2. The summed E-state index contributed by atoms with van der Waals surface area (Å²) in [7, 11) is -3.29. The molecule has 0 bridgehead atoms. The Hall–Kier alpha value is -0.700. The van der Waals surface area contributed by atoms with E-state index < -0.39 is 10.4 Å². The van der Waals surface area contributed by atoms with Gasteiger partial charge in [0.25, 0.3) is 0 Å². The second-order valence-electron chi connectivity index (χ2n) is 2.59. The summed E-state index contributed by atoms with van der Waals surface area (Å²) in [5.41, 5.74) is 5.53. The summed E-state index contributed by atoms with van der Waals surface area (Å²) in [6.45, 7) is 3.84.